The Balaban J connectivity index is 1.85. The highest BCUT2D eigenvalue weighted by Crippen LogP contribution is 2.31. The first-order chi connectivity index (χ1) is 9.45. The molecule has 1 aromatic heterocycles. The molecule has 1 aliphatic heterocycles. The van der Waals surface area contributed by atoms with E-state index < -0.39 is 0 Å². The number of halogens is 2. The van der Waals surface area contributed by atoms with E-state index in [1.165, 1.54) is 11.3 Å². The minimum absolute atomic E-state index is 0.0846. The van der Waals surface area contributed by atoms with Gasteiger partial charge in [0, 0.05) is 19.1 Å². The molecule has 2 rings (SSSR count). The van der Waals surface area contributed by atoms with Gasteiger partial charge in [0.1, 0.15) is 4.34 Å². The summed E-state index contributed by atoms with van der Waals surface area (Å²) in [5.41, 5.74) is 5.58. The van der Waals surface area contributed by atoms with E-state index in [-0.39, 0.29) is 24.4 Å². The minimum atomic E-state index is -0.327. The second kappa shape index (κ2) is 6.76. The first-order valence-electron chi connectivity index (χ1n) is 6.22. The van der Waals surface area contributed by atoms with Gasteiger partial charge < -0.3 is 11.1 Å². The molecule has 0 atom stereocenters. The van der Waals surface area contributed by atoms with Crippen molar-refractivity contribution in [3.63, 3.8) is 0 Å². The van der Waals surface area contributed by atoms with E-state index in [1.54, 1.807) is 6.07 Å². The molecular formula is C12H15Cl2N3O2S. The fraction of sp³-hybridized carbons (Fsp3) is 0.500. The molecule has 0 aliphatic carbocycles. The highest BCUT2D eigenvalue weighted by molar-refractivity contribution is 7.20. The summed E-state index contributed by atoms with van der Waals surface area (Å²) >= 11 is 13.0. The van der Waals surface area contributed by atoms with E-state index in [2.05, 4.69) is 5.32 Å². The average Bonchev–Trinajstić information content (AvgIpc) is 2.70. The molecule has 0 spiro atoms. The quantitative estimate of drug-likeness (QED) is 0.879. The van der Waals surface area contributed by atoms with Crippen LogP contribution in [-0.2, 0) is 4.79 Å². The van der Waals surface area contributed by atoms with E-state index in [9.17, 15) is 9.59 Å². The number of nitrogens with one attached hydrogen (secondary N) is 1. The maximum Gasteiger partial charge on any atom is 0.253 e. The Morgan fingerprint density at radius 3 is 2.55 bits per heavy atom. The van der Waals surface area contributed by atoms with Crippen LogP contribution < -0.4 is 11.1 Å². The van der Waals surface area contributed by atoms with Crippen LogP contribution in [0.3, 0.4) is 0 Å². The van der Waals surface area contributed by atoms with Gasteiger partial charge >= 0.3 is 0 Å². The fourth-order valence-corrected chi connectivity index (χ4v) is 3.67. The Hall–Kier alpha value is -0.820. The van der Waals surface area contributed by atoms with Crippen LogP contribution in [-0.4, -0.2) is 42.4 Å². The summed E-state index contributed by atoms with van der Waals surface area (Å²) in [7, 11) is 0. The number of nitrogens with two attached hydrogens (primary N) is 1. The zero-order valence-corrected chi connectivity index (χ0v) is 13.0. The summed E-state index contributed by atoms with van der Waals surface area (Å²) < 4.78 is 0.898. The van der Waals surface area contributed by atoms with E-state index >= 15 is 0 Å². The lowest BCUT2D eigenvalue weighted by Gasteiger charge is -2.31. The Morgan fingerprint density at radius 1 is 1.40 bits per heavy atom. The van der Waals surface area contributed by atoms with Crippen molar-refractivity contribution < 1.29 is 9.59 Å². The summed E-state index contributed by atoms with van der Waals surface area (Å²) in [5.74, 6) is -0.529. The number of hydrogen-bond donors (Lipinski definition) is 2. The lowest BCUT2D eigenvalue weighted by atomic mass is 10.0. The summed E-state index contributed by atoms with van der Waals surface area (Å²) in [6.07, 6.45) is 1.57. The number of carbonyl (C=O) groups excluding carboxylic acids is 2. The van der Waals surface area contributed by atoms with E-state index in [1.807, 2.05) is 4.90 Å². The molecule has 8 heteroatoms. The van der Waals surface area contributed by atoms with Crippen LogP contribution in [0.4, 0.5) is 0 Å². The van der Waals surface area contributed by atoms with Crippen LogP contribution in [0, 0.1) is 0 Å². The topological polar surface area (TPSA) is 75.4 Å². The largest absolute Gasteiger partial charge is 0.369 e. The average molecular weight is 336 g/mol. The van der Waals surface area contributed by atoms with Crippen LogP contribution >= 0.6 is 34.5 Å². The van der Waals surface area contributed by atoms with Crippen LogP contribution in [0.15, 0.2) is 6.07 Å². The number of likely N-dealkylation sites (tertiary alicyclic amines) is 1. The van der Waals surface area contributed by atoms with Crippen molar-refractivity contribution in [3.8, 4) is 0 Å². The molecule has 0 bridgehead atoms. The molecule has 1 fully saturated rings. The molecule has 0 unspecified atom stereocenters. The van der Waals surface area contributed by atoms with Gasteiger partial charge in [0.2, 0.25) is 5.91 Å². The number of nitrogens with zero attached hydrogens (tertiary/aromatic N) is 1. The number of piperidine rings is 1. The molecule has 2 heterocycles. The van der Waals surface area contributed by atoms with Crippen molar-refractivity contribution in [2.45, 2.75) is 18.9 Å². The smallest absolute Gasteiger partial charge is 0.253 e. The van der Waals surface area contributed by atoms with Gasteiger partial charge in [-0.15, -0.1) is 11.3 Å². The standard InChI is InChI=1S/C12H15Cl2N3O2S/c13-9-5-8(11(14)20-9)12(19)16-7-1-3-17(4-2-7)6-10(15)18/h5,7H,1-4,6H2,(H2,15,18)(H,16,19). The van der Waals surface area contributed by atoms with Crippen molar-refractivity contribution in [1.82, 2.24) is 10.2 Å². The molecule has 1 aliphatic rings. The van der Waals surface area contributed by atoms with Gasteiger partial charge in [0.25, 0.3) is 5.91 Å². The van der Waals surface area contributed by atoms with Gasteiger partial charge in [-0.2, -0.15) is 0 Å². The molecule has 1 saturated heterocycles. The van der Waals surface area contributed by atoms with Gasteiger partial charge in [0.15, 0.2) is 0 Å². The zero-order valence-electron chi connectivity index (χ0n) is 10.7. The molecule has 20 heavy (non-hydrogen) atoms. The molecule has 0 aromatic carbocycles. The molecule has 3 N–H and O–H groups in total. The highest BCUT2D eigenvalue weighted by Gasteiger charge is 2.23. The Kier molecular flexibility index (Phi) is 5.26. The third-order valence-corrected chi connectivity index (χ3v) is 4.69. The molecule has 110 valence electrons. The van der Waals surface area contributed by atoms with E-state index in [4.69, 9.17) is 28.9 Å². The number of primary amides is 1. The lowest BCUT2D eigenvalue weighted by molar-refractivity contribution is -0.119. The van der Waals surface area contributed by atoms with Gasteiger partial charge in [-0.3, -0.25) is 14.5 Å². The molecule has 1 aromatic rings. The Labute approximate surface area is 131 Å². The first-order valence-corrected chi connectivity index (χ1v) is 7.79. The third kappa shape index (κ3) is 4.09. The number of hydrogen-bond acceptors (Lipinski definition) is 4. The predicted molar refractivity (Wildman–Crippen MR) is 80.5 cm³/mol. The SMILES string of the molecule is NC(=O)CN1CCC(NC(=O)c2cc(Cl)sc2Cl)CC1. The highest BCUT2D eigenvalue weighted by atomic mass is 35.5. The van der Waals surface area contributed by atoms with E-state index in [0.29, 0.717) is 14.2 Å². The van der Waals surface area contributed by atoms with Crippen LogP contribution in [0.2, 0.25) is 8.67 Å². The Bertz CT molecular complexity index is 513. The van der Waals surface area contributed by atoms with Crippen LogP contribution in [0.25, 0.3) is 0 Å². The summed E-state index contributed by atoms with van der Waals surface area (Å²) in [6, 6.07) is 1.66. The summed E-state index contributed by atoms with van der Waals surface area (Å²) in [4.78, 5) is 24.9. The maximum absolute atomic E-state index is 12.1. The van der Waals surface area contributed by atoms with Crippen molar-refractivity contribution in [1.29, 1.82) is 0 Å². The molecular weight excluding hydrogens is 321 g/mol. The van der Waals surface area contributed by atoms with Crippen molar-refractivity contribution in [2.75, 3.05) is 19.6 Å². The predicted octanol–water partition coefficient (Wildman–Crippen LogP) is 1.73. The normalized spacial score (nSPS) is 17.1. The number of carbonyl (C=O) groups is 2. The second-order valence-corrected chi connectivity index (χ2v) is 7.01. The van der Waals surface area contributed by atoms with Crippen molar-refractivity contribution in [3.05, 3.63) is 20.3 Å². The second-order valence-electron chi connectivity index (χ2n) is 4.73. The van der Waals surface area contributed by atoms with E-state index in [0.717, 1.165) is 25.9 Å². The molecule has 5 nitrogen and oxygen atoms in total. The fourth-order valence-electron chi connectivity index (χ4n) is 2.21. The summed E-state index contributed by atoms with van der Waals surface area (Å²) in [6.45, 7) is 1.75. The first kappa shape index (κ1) is 15.6. The molecule has 0 saturated carbocycles. The number of amides is 2. The van der Waals surface area contributed by atoms with Gasteiger partial charge in [-0.05, 0) is 18.9 Å². The minimum Gasteiger partial charge on any atom is -0.369 e. The maximum atomic E-state index is 12.1. The number of rotatable bonds is 4. The number of thiophene rings is 1. The Morgan fingerprint density at radius 2 is 2.05 bits per heavy atom. The van der Waals surface area contributed by atoms with Gasteiger partial charge in [-0.1, -0.05) is 23.2 Å². The lowest BCUT2D eigenvalue weighted by Crippen LogP contribution is -2.46. The third-order valence-electron chi connectivity index (χ3n) is 3.20. The monoisotopic (exact) mass is 335 g/mol. The van der Waals surface area contributed by atoms with Crippen LogP contribution in [0.1, 0.15) is 23.2 Å². The van der Waals surface area contributed by atoms with Crippen LogP contribution in [0.5, 0.6) is 0 Å². The summed E-state index contributed by atoms with van der Waals surface area (Å²) in [5, 5.41) is 2.94. The van der Waals surface area contributed by atoms with Gasteiger partial charge in [0.05, 0.1) is 16.4 Å². The molecule has 0 radical (unpaired) electrons. The molecule has 2 amide bonds. The zero-order chi connectivity index (χ0) is 14.7. The van der Waals surface area contributed by atoms with Crippen molar-refractivity contribution >= 4 is 46.4 Å². The van der Waals surface area contributed by atoms with Gasteiger partial charge in [-0.25, -0.2) is 0 Å². The van der Waals surface area contributed by atoms with Crippen molar-refractivity contribution in [2.24, 2.45) is 5.73 Å².